The van der Waals surface area contributed by atoms with Crippen LogP contribution in [0.5, 0.6) is 0 Å². The molecule has 0 saturated carbocycles. The Balaban J connectivity index is 1.83. The van der Waals surface area contributed by atoms with Crippen LogP contribution in [0, 0.1) is 6.92 Å². The van der Waals surface area contributed by atoms with Crippen LogP contribution in [0.2, 0.25) is 0 Å². The first-order valence-electron chi connectivity index (χ1n) is 12.7. The molecule has 0 unspecified atom stereocenters. The van der Waals surface area contributed by atoms with Gasteiger partial charge in [-0.05, 0) is 73.4 Å². The van der Waals surface area contributed by atoms with Crippen LogP contribution in [-0.2, 0) is 16.2 Å². The van der Waals surface area contributed by atoms with E-state index in [2.05, 4.69) is 121 Å². The average molecular weight is 452 g/mol. The lowest BCUT2D eigenvalue weighted by atomic mass is 9.68. The minimum atomic E-state index is -0.362. The van der Waals surface area contributed by atoms with E-state index in [0.717, 1.165) is 5.46 Å². The van der Waals surface area contributed by atoms with E-state index in [0.29, 0.717) is 0 Å². The Labute approximate surface area is 211 Å². The van der Waals surface area contributed by atoms with Crippen LogP contribution in [0.1, 0.15) is 80.5 Å². The SMILES string of the molecule is [B]c1ccc2c(c1)C1(c3cc(C)ccc3-2)c2cc(C(C)(C)C)ccc2-c2ccc(C(C)(C)C)cc21. The lowest BCUT2D eigenvalue weighted by molar-refractivity contribution is 0.586. The Kier molecular flexibility index (Phi) is 4.48. The van der Waals surface area contributed by atoms with Crippen molar-refractivity contribution in [2.45, 2.75) is 64.7 Å². The number of hydrogen-bond donors (Lipinski definition) is 0. The molecule has 0 fully saturated rings. The lowest BCUT2D eigenvalue weighted by Gasteiger charge is -2.33. The molecule has 2 aliphatic rings. The zero-order chi connectivity index (χ0) is 24.9. The van der Waals surface area contributed by atoms with Crippen LogP contribution in [0.4, 0.5) is 0 Å². The predicted octanol–water partition coefficient (Wildman–Crippen LogP) is 7.73. The van der Waals surface area contributed by atoms with Crippen molar-refractivity contribution in [1.82, 2.24) is 0 Å². The second-order valence-electron chi connectivity index (χ2n) is 12.6. The summed E-state index contributed by atoms with van der Waals surface area (Å²) >= 11 is 0. The van der Waals surface area contributed by atoms with Crippen molar-refractivity contribution in [3.05, 3.63) is 112 Å². The number of benzene rings is 4. The Bertz CT molecular complexity index is 1400. The van der Waals surface area contributed by atoms with Crippen molar-refractivity contribution >= 4 is 13.3 Å². The molecule has 2 aliphatic carbocycles. The molecule has 4 aromatic carbocycles. The van der Waals surface area contributed by atoms with Gasteiger partial charge in [-0.2, -0.15) is 0 Å². The molecular weight excluding hydrogens is 419 g/mol. The van der Waals surface area contributed by atoms with Gasteiger partial charge in [-0.15, -0.1) is 0 Å². The largest absolute Gasteiger partial charge is 0.113 e. The van der Waals surface area contributed by atoms with E-state index < -0.39 is 0 Å². The van der Waals surface area contributed by atoms with Crippen molar-refractivity contribution < 1.29 is 0 Å². The number of aryl methyl sites for hydroxylation is 1. The summed E-state index contributed by atoms with van der Waals surface area (Å²) in [7, 11) is 6.48. The van der Waals surface area contributed by atoms with Gasteiger partial charge in [0.1, 0.15) is 7.85 Å². The Hall–Kier alpha value is -3.06. The average Bonchev–Trinajstić information content (AvgIpc) is 3.23. The van der Waals surface area contributed by atoms with Gasteiger partial charge in [-0.25, -0.2) is 0 Å². The van der Waals surface area contributed by atoms with E-state index >= 15 is 0 Å². The first kappa shape index (κ1) is 22.4. The molecular formula is C34H33B. The molecule has 6 rings (SSSR count). The first-order valence-corrected chi connectivity index (χ1v) is 12.7. The normalized spacial score (nSPS) is 15.1. The molecule has 0 amide bonds. The quantitative estimate of drug-likeness (QED) is 0.207. The topological polar surface area (TPSA) is 0 Å². The third kappa shape index (κ3) is 3.00. The molecule has 2 radical (unpaired) electrons. The monoisotopic (exact) mass is 452 g/mol. The second-order valence-corrected chi connectivity index (χ2v) is 12.6. The van der Waals surface area contributed by atoms with Gasteiger partial charge < -0.3 is 0 Å². The standard InChI is InChI=1S/C34H33B/c1-20-8-12-24-27-15-11-23(35)19-31(27)34(28(24)16-20)29-17-21(32(2,3)4)9-13-25(29)26-14-10-22(18-30(26)34)33(5,6)7/h8-19H,1-7H3. The zero-order valence-electron chi connectivity index (χ0n) is 22.0. The van der Waals surface area contributed by atoms with E-state index in [1.165, 1.54) is 61.2 Å². The molecule has 0 aliphatic heterocycles. The van der Waals surface area contributed by atoms with Crippen molar-refractivity contribution in [3.63, 3.8) is 0 Å². The molecule has 0 heterocycles. The van der Waals surface area contributed by atoms with Gasteiger partial charge in [-0.3, -0.25) is 0 Å². The summed E-state index contributed by atoms with van der Waals surface area (Å²) in [5.74, 6) is 0. The van der Waals surface area contributed by atoms with Gasteiger partial charge in [0.05, 0.1) is 5.41 Å². The molecule has 4 aromatic rings. The third-order valence-electron chi connectivity index (χ3n) is 8.19. The Morgan fingerprint density at radius 1 is 0.514 bits per heavy atom. The molecule has 1 spiro atoms. The first-order chi connectivity index (χ1) is 16.4. The van der Waals surface area contributed by atoms with Crippen molar-refractivity contribution in [1.29, 1.82) is 0 Å². The van der Waals surface area contributed by atoms with E-state index in [9.17, 15) is 0 Å². The smallest absolute Gasteiger partial charge is 0.0963 e. The maximum atomic E-state index is 6.48. The van der Waals surface area contributed by atoms with Crippen molar-refractivity contribution in [2.75, 3.05) is 0 Å². The summed E-state index contributed by atoms with van der Waals surface area (Å²) in [4.78, 5) is 0. The fourth-order valence-electron chi connectivity index (χ4n) is 6.29. The molecule has 0 atom stereocenters. The molecule has 0 aromatic heterocycles. The van der Waals surface area contributed by atoms with Crippen LogP contribution < -0.4 is 5.46 Å². The van der Waals surface area contributed by atoms with Crippen LogP contribution in [-0.4, -0.2) is 7.85 Å². The highest BCUT2D eigenvalue weighted by molar-refractivity contribution is 6.32. The summed E-state index contributed by atoms with van der Waals surface area (Å²) in [5, 5.41) is 0. The van der Waals surface area contributed by atoms with Crippen molar-refractivity contribution in [2.24, 2.45) is 0 Å². The predicted molar refractivity (Wildman–Crippen MR) is 150 cm³/mol. The molecule has 1 heteroatoms. The van der Waals surface area contributed by atoms with Gasteiger partial charge in [0.15, 0.2) is 0 Å². The minimum absolute atomic E-state index is 0.0636. The van der Waals surface area contributed by atoms with Crippen LogP contribution in [0.15, 0.2) is 72.8 Å². The summed E-state index contributed by atoms with van der Waals surface area (Å²) in [6, 6.07) is 27.8. The summed E-state index contributed by atoms with van der Waals surface area (Å²) in [5.41, 5.74) is 15.4. The van der Waals surface area contributed by atoms with Crippen molar-refractivity contribution in [3.8, 4) is 22.3 Å². The van der Waals surface area contributed by atoms with E-state index in [4.69, 9.17) is 7.85 Å². The highest BCUT2D eigenvalue weighted by Gasteiger charge is 2.52. The zero-order valence-corrected chi connectivity index (χ0v) is 22.0. The number of rotatable bonds is 0. The highest BCUT2D eigenvalue weighted by Crippen LogP contribution is 2.63. The van der Waals surface area contributed by atoms with E-state index in [1.54, 1.807) is 0 Å². The fraction of sp³-hybridized carbons (Fsp3) is 0.294. The van der Waals surface area contributed by atoms with Crippen LogP contribution in [0.25, 0.3) is 22.3 Å². The van der Waals surface area contributed by atoms with Gasteiger partial charge in [0.2, 0.25) is 0 Å². The Morgan fingerprint density at radius 2 is 0.914 bits per heavy atom. The third-order valence-corrected chi connectivity index (χ3v) is 8.19. The maximum Gasteiger partial charge on any atom is 0.113 e. The van der Waals surface area contributed by atoms with Gasteiger partial charge in [-0.1, -0.05) is 125 Å². The number of hydrogen-bond acceptors (Lipinski definition) is 0. The Morgan fingerprint density at radius 3 is 1.40 bits per heavy atom. The van der Waals surface area contributed by atoms with Crippen LogP contribution in [0.3, 0.4) is 0 Å². The van der Waals surface area contributed by atoms with Gasteiger partial charge >= 0.3 is 0 Å². The molecule has 0 saturated heterocycles. The van der Waals surface area contributed by atoms with Gasteiger partial charge in [0.25, 0.3) is 0 Å². The second kappa shape index (κ2) is 7.00. The molecule has 0 N–H and O–H groups in total. The lowest BCUT2D eigenvalue weighted by Crippen LogP contribution is -2.28. The minimum Gasteiger partial charge on any atom is -0.0963 e. The summed E-state index contributed by atoms with van der Waals surface area (Å²) < 4.78 is 0. The van der Waals surface area contributed by atoms with E-state index in [1.807, 2.05) is 0 Å². The molecule has 0 nitrogen and oxygen atoms in total. The fourth-order valence-corrected chi connectivity index (χ4v) is 6.29. The number of fused-ring (bicyclic) bond motifs is 10. The molecule has 35 heavy (non-hydrogen) atoms. The van der Waals surface area contributed by atoms with Crippen LogP contribution >= 0.6 is 0 Å². The maximum absolute atomic E-state index is 6.48. The summed E-state index contributed by atoms with van der Waals surface area (Å²) in [6.45, 7) is 16.0. The van der Waals surface area contributed by atoms with Gasteiger partial charge in [0, 0.05) is 0 Å². The molecule has 172 valence electrons. The highest BCUT2D eigenvalue weighted by atomic mass is 14.5. The molecule has 0 bridgehead atoms. The van der Waals surface area contributed by atoms with E-state index in [-0.39, 0.29) is 16.2 Å². The summed E-state index contributed by atoms with van der Waals surface area (Å²) in [6.07, 6.45) is 0.